The zero-order valence-electron chi connectivity index (χ0n) is 13.5. The van der Waals surface area contributed by atoms with Crippen LogP contribution in [0.3, 0.4) is 0 Å². The number of carbonyl (C=O) groups is 1. The van der Waals surface area contributed by atoms with Crippen molar-refractivity contribution in [1.29, 1.82) is 0 Å². The van der Waals surface area contributed by atoms with Crippen molar-refractivity contribution in [2.45, 2.75) is 46.2 Å². The average molecular weight is 305 g/mol. The molecule has 2 rings (SSSR count). The number of rotatable bonds is 7. The fourth-order valence-electron chi connectivity index (χ4n) is 2.10. The predicted octanol–water partition coefficient (Wildman–Crippen LogP) is 2.06. The third kappa shape index (κ3) is 4.42. The summed E-state index contributed by atoms with van der Waals surface area (Å²) in [6.07, 6.45) is 4.24. The summed E-state index contributed by atoms with van der Waals surface area (Å²) in [5.41, 5.74) is 1.14. The molecule has 0 radical (unpaired) electrons. The van der Waals surface area contributed by atoms with E-state index in [1.165, 1.54) is 0 Å². The highest BCUT2D eigenvalue weighted by molar-refractivity contribution is 5.89. The quantitative estimate of drug-likeness (QED) is 0.818. The van der Waals surface area contributed by atoms with Gasteiger partial charge in [-0.3, -0.25) is 9.48 Å². The number of nitrogens with zero attached hydrogens (tertiary/aromatic N) is 3. The van der Waals surface area contributed by atoms with E-state index in [0.29, 0.717) is 24.5 Å². The highest BCUT2D eigenvalue weighted by Crippen LogP contribution is 2.11. The zero-order chi connectivity index (χ0) is 16.1. The van der Waals surface area contributed by atoms with Crippen LogP contribution in [0.2, 0.25) is 0 Å². The molecule has 0 fully saturated rings. The Hall–Kier alpha value is -2.15. The number of hydrogen-bond acceptors (Lipinski definition) is 5. The standard InChI is InChI=1S/C15H23N5O2/c1-10-8-17-20(9-10)13(4)12(3)16-6-5-15(21)18-14-7-11(2)22-19-14/h7-9,12-13,16H,5-6H2,1-4H3,(H,18,19,21)/t12-,13+/m0/s1. The zero-order valence-corrected chi connectivity index (χ0v) is 13.5. The van der Waals surface area contributed by atoms with Crippen molar-refractivity contribution < 1.29 is 9.32 Å². The number of hydrogen-bond donors (Lipinski definition) is 2. The lowest BCUT2D eigenvalue weighted by Gasteiger charge is -2.21. The van der Waals surface area contributed by atoms with E-state index in [9.17, 15) is 4.79 Å². The van der Waals surface area contributed by atoms with E-state index in [2.05, 4.69) is 34.7 Å². The van der Waals surface area contributed by atoms with Crippen molar-refractivity contribution >= 4 is 11.7 Å². The van der Waals surface area contributed by atoms with Crippen molar-refractivity contribution in [2.75, 3.05) is 11.9 Å². The molecule has 0 saturated carbocycles. The second kappa shape index (κ2) is 7.22. The number of nitrogens with one attached hydrogen (secondary N) is 2. The van der Waals surface area contributed by atoms with Crippen LogP contribution in [0.5, 0.6) is 0 Å². The molecule has 0 aliphatic carbocycles. The van der Waals surface area contributed by atoms with E-state index >= 15 is 0 Å². The van der Waals surface area contributed by atoms with Gasteiger partial charge in [0, 0.05) is 31.3 Å². The maximum absolute atomic E-state index is 11.8. The summed E-state index contributed by atoms with van der Waals surface area (Å²) in [4.78, 5) is 11.8. The van der Waals surface area contributed by atoms with E-state index in [1.807, 2.05) is 24.0 Å². The first kappa shape index (κ1) is 16.2. The SMILES string of the molecule is Cc1cnn([C@H](C)[C@H](C)NCCC(=O)Nc2cc(C)on2)c1. The molecule has 1 amide bonds. The van der Waals surface area contributed by atoms with Gasteiger partial charge in [-0.25, -0.2) is 0 Å². The van der Waals surface area contributed by atoms with Gasteiger partial charge in [-0.05, 0) is 33.3 Å². The van der Waals surface area contributed by atoms with E-state index in [1.54, 1.807) is 13.0 Å². The summed E-state index contributed by atoms with van der Waals surface area (Å²) in [7, 11) is 0. The summed E-state index contributed by atoms with van der Waals surface area (Å²) in [5.74, 6) is 1.04. The molecule has 0 aliphatic heterocycles. The van der Waals surface area contributed by atoms with Crippen molar-refractivity contribution in [3.05, 3.63) is 29.8 Å². The molecule has 0 aromatic carbocycles. The van der Waals surface area contributed by atoms with Gasteiger partial charge in [0.1, 0.15) is 5.76 Å². The van der Waals surface area contributed by atoms with Gasteiger partial charge in [0.2, 0.25) is 5.91 Å². The van der Waals surface area contributed by atoms with Gasteiger partial charge >= 0.3 is 0 Å². The Morgan fingerprint density at radius 3 is 2.77 bits per heavy atom. The monoisotopic (exact) mass is 305 g/mol. The van der Waals surface area contributed by atoms with Gasteiger partial charge in [-0.1, -0.05) is 5.16 Å². The Morgan fingerprint density at radius 1 is 1.41 bits per heavy atom. The lowest BCUT2D eigenvalue weighted by atomic mass is 10.1. The number of anilines is 1. The molecule has 120 valence electrons. The number of aromatic nitrogens is 3. The van der Waals surface area contributed by atoms with Crippen LogP contribution in [0.15, 0.2) is 23.0 Å². The van der Waals surface area contributed by atoms with Gasteiger partial charge in [-0.15, -0.1) is 0 Å². The van der Waals surface area contributed by atoms with Gasteiger partial charge in [0.05, 0.1) is 12.2 Å². The summed E-state index contributed by atoms with van der Waals surface area (Å²) in [6, 6.07) is 2.12. The lowest BCUT2D eigenvalue weighted by molar-refractivity contribution is -0.116. The molecular weight excluding hydrogens is 282 g/mol. The van der Waals surface area contributed by atoms with Crippen LogP contribution in [0, 0.1) is 13.8 Å². The minimum atomic E-state index is -0.0874. The molecular formula is C15H23N5O2. The molecule has 0 bridgehead atoms. The van der Waals surface area contributed by atoms with E-state index in [0.717, 1.165) is 5.56 Å². The Kier molecular flexibility index (Phi) is 5.32. The van der Waals surface area contributed by atoms with Gasteiger partial charge in [0.15, 0.2) is 5.82 Å². The predicted molar refractivity (Wildman–Crippen MR) is 83.6 cm³/mol. The fraction of sp³-hybridized carbons (Fsp3) is 0.533. The molecule has 2 N–H and O–H groups in total. The second-order valence-electron chi connectivity index (χ2n) is 5.60. The molecule has 7 nitrogen and oxygen atoms in total. The molecule has 0 unspecified atom stereocenters. The molecule has 0 aliphatic rings. The number of aryl methyl sites for hydroxylation is 2. The van der Waals surface area contributed by atoms with Gasteiger partial charge < -0.3 is 15.2 Å². The summed E-state index contributed by atoms with van der Waals surface area (Å²) >= 11 is 0. The molecule has 0 saturated heterocycles. The van der Waals surface area contributed by atoms with Crippen LogP contribution in [0.4, 0.5) is 5.82 Å². The normalized spacial score (nSPS) is 13.8. The maximum Gasteiger partial charge on any atom is 0.226 e. The van der Waals surface area contributed by atoms with Crippen LogP contribution in [0.1, 0.15) is 37.6 Å². The summed E-state index contributed by atoms with van der Waals surface area (Å²) in [5, 5.41) is 14.1. The smallest absolute Gasteiger partial charge is 0.226 e. The Morgan fingerprint density at radius 2 is 2.18 bits per heavy atom. The molecule has 2 aromatic heterocycles. The van der Waals surface area contributed by atoms with Crippen LogP contribution < -0.4 is 10.6 Å². The Balaban J connectivity index is 1.72. The highest BCUT2D eigenvalue weighted by Gasteiger charge is 2.14. The Labute approximate surface area is 130 Å². The second-order valence-corrected chi connectivity index (χ2v) is 5.60. The van der Waals surface area contributed by atoms with Crippen molar-refractivity contribution in [3.63, 3.8) is 0 Å². The topological polar surface area (TPSA) is 85.0 Å². The minimum absolute atomic E-state index is 0.0874. The summed E-state index contributed by atoms with van der Waals surface area (Å²) in [6.45, 7) is 8.58. The van der Waals surface area contributed by atoms with Gasteiger partial charge in [-0.2, -0.15) is 5.10 Å². The van der Waals surface area contributed by atoms with E-state index < -0.39 is 0 Å². The molecule has 0 spiro atoms. The summed E-state index contributed by atoms with van der Waals surface area (Å²) < 4.78 is 6.84. The highest BCUT2D eigenvalue weighted by atomic mass is 16.5. The largest absolute Gasteiger partial charge is 0.360 e. The van der Waals surface area contributed by atoms with E-state index in [4.69, 9.17) is 4.52 Å². The molecule has 2 atom stereocenters. The third-order valence-corrected chi connectivity index (χ3v) is 3.59. The lowest BCUT2D eigenvalue weighted by Crippen LogP contribution is -2.35. The van der Waals surface area contributed by atoms with Crippen LogP contribution in [-0.2, 0) is 4.79 Å². The van der Waals surface area contributed by atoms with Crippen molar-refractivity contribution in [2.24, 2.45) is 0 Å². The Bertz CT molecular complexity index is 619. The van der Waals surface area contributed by atoms with Crippen molar-refractivity contribution in [1.82, 2.24) is 20.3 Å². The first-order chi connectivity index (χ1) is 10.5. The maximum atomic E-state index is 11.8. The fourth-order valence-corrected chi connectivity index (χ4v) is 2.10. The van der Waals surface area contributed by atoms with Crippen LogP contribution in [-0.4, -0.2) is 33.4 Å². The molecule has 7 heteroatoms. The molecule has 2 aromatic rings. The van der Waals surface area contributed by atoms with Crippen LogP contribution >= 0.6 is 0 Å². The third-order valence-electron chi connectivity index (χ3n) is 3.59. The minimum Gasteiger partial charge on any atom is -0.360 e. The molecule has 22 heavy (non-hydrogen) atoms. The number of carbonyl (C=O) groups excluding carboxylic acids is 1. The van der Waals surface area contributed by atoms with Gasteiger partial charge in [0.25, 0.3) is 0 Å². The average Bonchev–Trinajstić information content (AvgIpc) is 3.06. The first-order valence-electron chi connectivity index (χ1n) is 7.43. The van der Waals surface area contributed by atoms with E-state index in [-0.39, 0.29) is 18.0 Å². The number of amides is 1. The van der Waals surface area contributed by atoms with Crippen LogP contribution in [0.25, 0.3) is 0 Å². The first-order valence-corrected chi connectivity index (χ1v) is 7.43. The molecule has 2 heterocycles. The van der Waals surface area contributed by atoms with Crippen molar-refractivity contribution in [3.8, 4) is 0 Å².